The summed E-state index contributed by atoms with van der Waals surface area (Å²) < 4.78 is 0. The molecular weight excluding hydrogens is 408 g/mol. The molecule has 1 aromatic rings. The highest BCUT2D eigenvalue weighted by Crippen LogP contribution is 2.37. The molecule has 6 nitrogen and oxygen atoms in total. The molecule has 3 heterocycles. The topological polar surface area (TPSA) is 79.1 Å². The van der Waals surface area contributed by atoms with E-state index in [-0.39, 0.29) is 6.04 Å². The van der Waals surface area contributed by atoms with Crippen molar-refractivity contribution in [2.24, 2.45) is 5.73 Å². The maximum Gasteiger partial charge on any atom is 0.152 e. The van der Waals surface area contributed by atoms with Crippen LogP contribution < -0.4 is 21.3 Å². The smallest absolute Gasteiger partial charge is 0.152 e. The van der Waals surface area contributed by atoms with Crippen LogP contribution in [-0.2, 0) is 18.5 Å². The minimum absolute atomic E-state index is 0.286. The fourth-order valence-electron chi connectivity index (χ4n) is 6.02. The largest absolute Gasteiger partial charge is 0.356 e. The van der Waals surface area contributed by atoms with Crippen LogP contribution in [0.25, 0.3) is 0 Å². The molecule has 1 saturated carbocycles. The summed E-state index contributed by atoms with van der Waals surface area (Å²) in [6.07, 6.45) is 18.9. The van der Waals surface area contributed by atoms with E-state index in [2.05, 4.69) is 22.5 Å². The average Bonchev–Trinajstić information content (AvgIpc) is 3.03. The molecule has 2 fully saturated rings. The number of hydrogen-bond acceptors (Lipinski definition) is 6. The normalized spacial score (nSPS) is 25.8. The van der Waals surface area contributed by atoms with Crippen molar-refractivity contribution in [3.63, 3.8) is 0 Å². The summed E-state index contributed by atoms with van der Waals surface area (Å²) >= 11 is 0. The quantitative estimate of drug-likeness (QED) is 0.424. The molecule has 186 valence electrons. The van der Waals surface area contributed by atoms with Crippen LogP contribution in [0.3, 0.4) is 0 Å². The lowest BCUT2D eigenvalue weighted by atomic mass is 9.92. The number of hydrogen-bond donors (Lipinski definition) is 3. The second-order valence-electron chi connectivity index (χ2n) is 10.7. The van der Waals surface area contributed by atoms with Gasteiger partial charge in [-0.15, -0.1) is 0 Å². The molecular formula is C27H48N6. The zero-order chi connectivity index (χ0) is 22.9. The number of fused-ring (bicyclic) bond motifs is 1. The Hall–Kier alpha value is -1.24. The fraction of sp³-hybridized carbons (Fsp3) is 0.852. The van der Waals surface area contributed by atoms with Crippen LogP contribution in [0.1, 0.15) is 114 Å². The summed E-state index contributed by atoms with van der Waals surface area (Å²) in [4.78, 5) is 12.9. The number of nitrogens with zero attached hydrogens (tertiary/aromatic N) is 3. The molecule has 0 amide bonds. The van der Waals surface area contributed by atoms with E-state index in [4.69, 9.17) is 15.7 Å². The summed E-state index contributed by atoms with van der Waals surface area (Å²) in [5, 5.41) is 7.38. The lowest BCUT2D eigenvalue weighted by Gasteiger charge is -2.34. The first-order chi connectivity index (χ1) is 16.2. The highest BCUT2D eigenvalue weighted by molar-refractivity contribution is 5.51. The molecule has 4 rings (SSSR count). The Morgan fingerprint density at radius 2 is 1.76 bits per heavy atom. The zero-order valence-electron chi connectivity index (χ0n) is 21.1. The Balaban J connectivity index is 1.44. The van der Waals surface area contributed by atoms with Crippen molar-refractivity contribution in [2.75, 3.05) is 31.1 Å². The van der Waals surface area contributed by atoms with Crippen LogP contribution in [0.4, 0.5) is 5.82 Å². The molecule has 2 aliphatic heterocycles. The number of unbranched alkanes of at least 4 members (excludes halogenated alkanes) is 6. The van der Waals surface area contributed by atoms with Gasteiger partial charge < -0.3 is 21.3 Å². The van der Waals surface area contributed by atoms with Gasteiger partial charge in [-0.1, -0.05) is 58.3 Å². The average molecular weight is 457 g/mol. The van der Waals surface area contributed by atoms with Gasteiger partial charge in [0.1, 0.15) is 5.82 Å². The summed E-state index contributed by atoms with van der Waals surface area (Å²) in [6, 6.07) is 0.286. The van der Waals surface area contributed by atoms with Gasteiger partial charge in [-0.3, -0.25) is 0 Å². The second-order valence-corrected chi connectivity index (χ2v) is 10.7. The Bertz CT molecular complexity index is 730. The molecule has 2 atom stereocenters. The number of anilines is 1. The SMILES string of the molecule is CCCCCCCCCNC1CCCC1(N)c1nc2c(c(N3CCCCCC3)n1)CNCC2. The van der Waals surface area contributed by atoms with E-state index >= 15 is 0 Å². The number of rotatable bonds is 11. The minimum atomic E-state index is -0.443. The van der Waals surface area contributed by atoms with Crippen LogP contribution in [0.5, 0.6) is 0 Å². The minimum Gasteiger partial charge on any atom is -0.356 e. The second kappa shape index (κ2) is 12.5. The Kier molecular flexibility index (Phi) is 9.39. The van der Waals surface area contributed by atoms with E-state index in [9.17, 15) is 0 Å². The molecule has 6 heteroatoms. The van der Waals surface area contributed by atoms with Crippen LogP contribution in [0, 0.1) is 0 Å². The van der Waals surface area contributed by atoms with Crippen molar-refractivity contribution in [3.8, 4) is 0 Å². The monoisotopic (exact) mass is 456 g/mol. The van der Waals surface area contributed by atoms with E-state index in [0.717, 1.165) is 64.2 Å². The molecule has 0 aromatic carbocycles. The molecule has 33 heavy (non-hydrogen) atoms. The number of nitrogens with one attached hydrogen (secondary N) is 2. The summed E-state index contributed by atoms with van der Waals surface area (Å²) in [5.74, 6) is 2.07. The molecule has 1 aromatic heterocycles. The molecule has 2 unspecified atom stereocenters. The van der Waals surface area contributed by atoms with Crippen LogP contribution >= 0.6 is 0 Å². The van der Waals surface area contributed by atoms with Gasteiger partial charge in [0.25, 0.3) is 0 Å². The van der Waals surface area contributed by atoms with Crippen molar-refractivity contribution in [1.29, 1.82) is 0 Å². The van der Waals surface area contributed by atoms with Gasteiger partial charge in [-0.2, -0.15) is 0 Å². The molecule has 1 saturated heterocycles. The van der Waals surface area contributed by atoms with Crippen molar-refractivity contribution >= 4 is 5.82 Å². The highest BCUT2D eigenvalue weighted by atomic mass is 15.2. The van der Waals surface area contributed by atoms with Crippen LogP contribution in [-0.4, -0.2) is 42.2 Å². The van der Waals surface area contributed by atoms with E-state index in [1.807, 2.05) is 0 Å². The Morgan fingerprint density at radius 3 is 2.55 bits per heavy atom. The Morgan fingerprint density at radius 1 is 1.00 bits per heavy atom. The molecule has 3 aliphatic rings. The predicted molar refractivity (Wildman–Crippen MR) is 138 cm³/mol. The maximum atomic E-state index is 7.16. The van der Waals surface area contributed by atoms with Gasteiger partial charge in [-0.05, 0) is 45.1 Å². The molecule has 4 N–H and O–H groups in total. The van der Waals surface area contributed by atoms with E-state index < -0.39 is 5.54 Å². The van der Waals surface area contributed by atoms with Crippen LogP contribution in [0.15, 0.2) is 0 Å². The lowest BCUT2D eigenvalue weighted by Crippen LogP contribution is -2.52. The van der Waals surface area contributed by atoms with Crippen molar-refractivity contribution in [1.82, 2.24) is 20.6 Å². The highest BCUT2D eigenvalue weighted by Gasteiger charge is 2.44. The van der Waals surface area contributed by atoms with E-state index in [1.165, 1.54) is 87.7 Å². The summed E-state index contributed by atoms with van der Waals surface area (Å²) in [6.45, 7) is 7.45. The zero-order valence-corrected chi connectivity index (χ0v) is 21.1. The third-order valence-electron chi connectivity index (χ3n) is 8.11. The van der Waals surface area contributed by atoms with Gasteiger partial charge in [0.15, 0.2) is 5.82 Å². The van der Waals surface area contributed by atoms with Gasteiger partial charge >= 0.3 is 0 Å². The fourth-order valence-corrected chi connectivity index (χ4v) is 6.02. The van der Waals surface area contributed by atoms with E-state index in [1.54, 1.807) is 0 Å². The number of nitrogens with two attached hydrogens (primary N) is 1. The number of aromatic nitrogens is 2. The summed E-state index contributed by atoms with van der Waals surface area (Å²) in [7, 11) is 0. The van der Waals surface area contributed by atoms with Crippen molar-refractivity contribution < 1.29 is 0 Å². The van der Waals surface area contributed by atoms with Gasteiger partial charge in [0.2, 0.25) is 0 Å². The van der Waals surface area contributed by atoms with Gasteiger partial charge in [-0.25, -0.2) is 9.97 Å². The first-order valence-electron chi connectivity index (χ1n) is 14.1. The van der Waals surface area contributed by atoms with Gasteiger partial charge in [0.05, 0.1) is 11.2 Å². The molecule has 0 bridgehead atoms. The van der Waals surface area contributed by atoms with E-state index in [0.29, 0.717) is 0 Å². The molecule has 0 radical (unpaired) electrons. The van der Waals surface area contributed by atoms with Crippen molar-refractivity contribution in [2.45, 2.75) is 121 Å². The van der Waals surface area contributed by atoms with Gasteiger partial charge in [0, 0.05) is 44.2 Å². The molecule has 0 spiro atoms. The third-order valence-corrected chi connectivity index (χ3v) is 8.11. The molecule has 1 aliphatic carbocycles. The standard InChI is InChI=1S/C27H48N6/c1-2-3-4-5-6-7-10-17-30-24-14-13-16-27(24,28)26-31-23-15-18-29-21-22(23)25(32-26)33-19-11-8-9-12-20-33/h24,29-30H,2-21,28H2,1H3. The lowest BCUT2D eigenvalue weighted by molar-refractivity contribution is 0.322. The first kappa shape index (κ1) is 24.9. The Labute approximate surface area is 201 Å². The maximum absolute atomic E-state index is 7.16. The third kappa shape index (κ3) is 6.26. The predicted octanol–water partition coefficient (Wildman–Crippen LogP) is 4.55. The van der Waals surface area contributed by atoms with Crippen molar-refractivity contribution in [3.05, 3.63) is 17.1 Å². The van der Waals surface area contributed by atoms with Crippen LogP contribution in [0.2, 0.25) is 0 Å². The summed E-state index contributed by atoms with van der Waals surface area (Å²) in [5.41, 5.74) is 9.28. The first-order valence-corrected chi connectivity index (χ1v) is 14.1.